The number of halogens is 4. The Morgan fingerprint density at radius 2 is 1.76 bits per heavy atom. The Balaban J connectivity index is 1.19. The van der Waals surface area contributed by atoms with Gasteiger partial charge in [0.1, 0.15) is 0 Å². The van der Waals surface area contributed by atoms with E-state index in [9.17, 15) is 22.8 Å². The van der Waals surface area contributed by atoms with Gasteiger partial charge in [-0.05, 0) is 79.0 Å². The first kappa shape index (κ1) is 31.9. The quantitative estimate of drug-likeness (QED) is 0.201. The van der Waals surface area contributed by atoms with Gasteiger partial charge >= 0.3 is 6.09 Å². The number of aryl methyl sites for hydroxylation is 1. The average Bonchev–Trinajstić information content (AvgIpc) is 3.81. The van der Waals surface area contributed by atoms with Crippen LogP contribution in [-0.2, 0) is 22.4 Å². The van der Waals surface area contributed by atoms with E-state index in [-0.39, 0.29) is 30.1 Å². The number of rotatable bonds is 10. The number of nitrogens with one attached hydrogen (secondary N) is 2. The highest BCUT2D eigenvalue weighted by atomic mass is 35.5. The summed E-state index contributed by atoms with van der Waals surface area (Å²) in [6.45, 7) is 0.774. The van der Waals surface area contributed by atoms with Crippen molar-refractivity contribution in [2.24, 2.45) is 0 Å². The molecule has 3 aromatic carbocycles. The Hall–Kier alpha value is -4.02. The molecule has 2 aliphatic heterocycles. The Bertz CT molecular complexity index is 1660. The zero-order valence-corrected chi connectivity index (χ0v) is 26.1. The SMILES string of the molecule is COC(=O)N1CC2CC(c3ccc(CCCOc4c(F)ccc(F)c4F)cc3)=C(C(=O)NC3(Cc4ccccc4Cl)CC3)[C@@H](C1)N2. The lowest BCUT2D eigenvalue weighted by atomic mass is 9.82. The number of benzene rings is 3. The molecule has 1 unspecified atom stereocenters. The molecule has 1 aliphatic carbocycles. The van der Waals surface area contributed by atoms with Crippen LogP contribution in [0.15, 0.2) is 66.2 Å². The molecule has 2 atom stereocenters. The molecule has 1 saturated carbocycles. The number of amides is 2. The van der Waals surface area contributed by atoms with Crippen LogP contribution in [0.4, 0.5) is 18.0 Å². The highest BCUT2D eigenvalue weighted by Gasteiger charge is 2.47. The summed E-state index contributed by atoms with van der Waals surface area (Å²) >= 11 is 6.44. The van der Waals surface area contributed by atoms with E-state index in [2.05, 4.69) is 10.6 Å². The first-order chi connectivity index (χ1) is 22.2. The van der Waals surface area contributed by atoms with Gasteiger partial charge in [-0.1, -0.05) is 54.1 Å². The summed E-state index contributed by atoms with van der Waals surface area (Å²) in [6, 6.07) is 16.6. The standard InChI is InChI=1S/C35H35ClF3N3O4/c1-45-34(44)42-19-24-17-25(22-10-8-21(9-11-22)5-4-16-46-32-28(38)13-12-27(37)31(32)39)30(29(20-42)40-24)33(43)41-35(14-15-35)18-23-6-2-3-7-26(23)36/h2-3,6-13,24,29,40H,4-5,14-20H2,1H3,(H,41,43)/t24?,29-/m1/s1. The van der Waals surface area contributed by atoms with Crippen molar-refractivity contribution in [1.29, 1.82) is 0 Å². The third-order valence-corrected chi connectivity index (χ3v) is 9.33. The van der Waals surface area contributed by atoms with Crippen LogP contribution in [0.3, 0.4) is 0 Å². The zero-order valence-electron chi connectivity index (χ0n) is 25.4. The van der Waals surface area contributed by atoms with Crippen LogP contribution in [0.2, 0.25) is 5.02 Å². The predicted octanol–water partition coefficient (Wildman–Crippen LogP) is 6.23. The molecule has 6 rings (SSSR count). The van der Waals surface area contributed by atoms with Crippen LogP contribution >= 0.6 is 11.6 Å². The fourth-order valence-corrected chi connectivity index (χ4v) is 6.64. The van der Waals surface area contributed by atoms with Crippen LogP contribution < -0.4 is 15.4 Å². The molecule has 1 saturated heterocycles. The van der Waals surface area contributed by atoms with Gasteiger partial charge in [0.25, 0.3) is 0 Å². The van der Waals surface area contributed by atoms with E-state index in [4.69, 9.17) is 21.1 Å². The molecule has 3 aliphatic rings. The van der Waals surface area contributed by atoms with Gasteiger partial charge in [0.15, 0.2) is 17.4 Å². The molecule has 11 heteroatoms. The normalized spacial score (nSPS) is 19.9. The minimum Gasteiger partial charge on any atom is -0.488 e. The molecule has 0 spiro atoms. The number of hydrogen-bond donors (Lipinski definition) is 2. The lowest BCUT2D eigenvalue weighted by Crippen LogP contribution is -2.62. The molecule has 7 nitrogen and oxygen atoms in total. The Morgan fingerprint density at radius 1 is 1.02 bits per heavy atom. The Kier molecular flexibility index (Phi) is 9.29. The number of piperazine rings is 1. The summed E-state index contributed by atoms with van der Waals surface area (Å²) < 4.78 is 51.4. The first-order valence-electron chi connectivity index (χ1n) is 15.4. The molecule has 2 amide bonds. The number of hydrogen-bond acceptors (Lipinski definition) is 5. The highest BCUT2D eigenvalue weighted by Crippen LogP contribution is 2.41. The molecule has 3 aromatic rings. The van der Waals surface area contributed by atoms with E-state index in [1.54, 1.807) is 4.90 Å². The van der Waals surface area contributed by atoms with Gasteiger partial charge < -0.3 is 25.0 Å². The second-order valence-corrected chi connectivity index (χ2v) is 12.6. The van der Waals surface area contributed by atoms with E-state index in [0.29, 0.717) is 49.4 Å². The van der Waals surface area contributed by atoms with Crippen LogP contribution in [0.5, 0.6) is 5.75 Å². The third-order valence-electron chi connectivity index (χ3n) is 8.96. The fraction of sp³-hybridized carbons (Fsp3) is 0.371. The number of nitrogens with zero attached hydrogens (tertiary/aromatic N) is 1. The molecule has 2 heterocycles. The second-order valence-electron chi connectivity index (χ2n) is 12.2. The topological polar surface area (TPSA) is 79.9 Å². The van der Waals surface area contributed by atoms with E-state index in [1.165, 1.54) is 7.11 Å². The van der Waals surface area contributed by atoms with Crippen molar-refractivity contribution in [3.63, 3.8) is 0 Å². The van der Waals surface area contributed by atoms with Gasteiger partial charge in [-0.2, -0.15) is 4.39 Å². The minimum atomic E-state index is -1.34. The summed E-state index contributed by atoms with van der Waals surface area (Å²) in [4.78, 5) is 28.2. The molecular weight excluding hydrogens is 619 g/mol. The lowest BCUT2D eigenvalue weighted by Gasteiger charge is -2.43. The average molecular weight is 654 g/mol. The maximum absolute atomic E-state index is 14.1. The third kappa shape index (κ3) is 6.88. The number of carbonyl (C=O) groups excluding carboxylic acids is 2. The van der Waals surface area contributed by atoms with Gasteiger partial charge in [0.2, 0.25) is 11.7 Å². The lowest BCUT2D eigenvalue weighted by molar-refractivity contribution is -0.119. The van der Waals surface area contributed by atoms with E-state index < -0.39 is 29.3 Å². The fourth-order valence-electron chi connectivity index (χ4n) is 6.44. The van der Waals surface area contributed by atoms with Crippen LogP contribution in [0.1, 0.15) is 42.4 Å². The number of ether oxygens (including phenoxy) is 2. The number of methoxy groups -OCH3 is 1. The molecule has 2 fully saturated rings. The molecule has 2 N–H and O–H groups in total. The molecule has 46 heavy (non-hydrogen) atoms. The Labute approximate surface area is 270 Å². The van der Waals surface area contributed by atoms with Gasteiger partial charge in [0.05, 0.1) is 19.8 Å². The van der Waals surface area contributed by atoms with Crippen LogP contribution in [-0.4, -0.2) is 61.3 Å². The molecule has 2 bridgehead atoms. The van der Waals surface area contributed by atoms with Gasteiger partial charge in [-0.15, -0.1) is 0 Å². The van der Waals surface area contributed by atoms with E-state index in [1.807, 2.05) is 48.5 Å². The molecule has 0 aromatic heterocycles. The first-order valence-corrected chi connectivity index (χ1v) is 15.8. The molecular formula is C35H35ClF3N3O4. The van der Waals surface area contributed by atoms with Crippen molar-refractivity contribution >= 4 is 29.2 Å². The van der Waals surface area contributed by atoms with Crippen molar-refractivity contribution in [2.75, 3.05) is 26.8 Å². The summed E-state index contributed by atoms with van der Waals surface area (Å²) in [5.41, 5.74) is 4.03. The van der Waals surface area contributed by atoms with E-state index >= 15 is 0 Å². The van der Waals surface area contributed by atoms with Crippen LogP contribution in [0, 0.1) is 17.5 Å². The van der Waals surface area contributed by atoms with Gasteiger partial charge in [-0.25, -0.2) is 13.6 Å². The van der Waals surface area contributed by atoms with Crippen molar-refractivity contribution < 1.29 is 32.2 Å². The summed E-state index contributed by atoms with van der Waals surface area (Å²) in [7, 11) is 1.35. The minimum absolute atomic E-state index is 0.0101. The molecule has 242 valence electrons. The summed E-state index contributed by atoms with van der Waals surface area (Å²) in [6.07, 6.45) is 3.46. The zero-order chi connectivity index (χ0) is 32.4. The largest absolute Gasteiger partial charge is 0.488 e. The number of carbonyl (C=O) groups is 2. The van der Waals surface area contributed by atoms with Gasteiger partial charge in [0, 0.05) is 35.3 Å². The van der Waals surface area contributed by atoms with E-state index in [0.717, 1.165) is 47.2 Å². The maximum atomic E-state index is 14.1. The van der Waals surface area contributed by atoms with Crippen LogP contribution in [0.25, 0.3) is 5.57 Å². The number of fused-ring (bicyclic) bond motifs is 2. The monoisotopic (exact) mass is 653 g/mol. The molecule has 0 radical (unpaired) electrons. The van der Waals surface area contributed by atoms with Crippen molar-refractivity contribution in [1.82, 2.24) is 15.5 Å². The Morgan fingerprint density at radius 3 is 2.48 bits per heavy atom. The smallest absolute Gasteiger partial charge is 0.409 e. The van der Waals surface area contributed by atoms with Crippen molar-refractivity contribution in [3.8, 4) is 5.75 Å². The van der Waals surface area contributed by atoms with Crippen molar-refractivity contribution in [2.45, 2.75) is 56.1 Å². The maximum Gasteiger partial charge on any atom is 0.409 e. The highest BCUT2D eigenvalue weighted by molar-refractivity contribution is 6.31. The predicted molar refractivity (Wildman–Crippen MR) is 168 cm³/mol. The summed E-state index contributed by atoms with van der Waals surface area (Å²) in [5.74, 6) is -4.33. The summed E-state index contributed by atoms with van der Waals surface area (Å²) in [5, 5.41) is 7.54. The van der Waals surface area contributed by atoms with Crippen molar-refractivity contribution in [3.05, 3.63) is 105 Å². The van der Waals surface area contributed by atoms with Gasteiger partial charge in [-0.3, -0.25) is 4.79 Å². The second kappa shape index (κ2) is 13.4.